The molecule has 1 aromatic carbocycles. The largest absolute Gasteiger partial charge is 0.452 e. The molecule has 4 bridgehead atoms. The van der Waals surface area contributed by atoms with Crippen LogP contribution in [0.4, 0.5) is 0 Å². The number of fused-ring (bicyclic) bond motifs is 1. The zero-order valence-corrected chi connectivity index (χ0v) is 17.2. The highest BCUT2D eigenvalue weighted by atomic mass is 16.5. The fourth-order valence-electron chi connectivity index (χ4n) is 6.36. The highest BCUT2D eigenvalue weighted by molar-refractivity contribution is 5.89. The lowest BCUT2D eigenvalue weighted by Gasteiger charge is -2.56. The first-order valence-electron chi connectivity index (χ1n) is 11.0. The Balaban J connectivity index is 1.09. The molecule has 0 atom stereocenters. The smallest absolute Gasteiger partial charge is 0.331 e. The molecule has 1 N–H and O–H groups in total. The molecule has 0 unspecified atom stereocenters. The summed E-state index contributed by atoms with van der Waals surface area (Å²) in [5.74, 6) is 1.84. The molecule has 4 fully saturated rings. The summed E-state index contributed by atoms with van der Waals surface area (Å²) in [7, 11) is 0. The molecule has 30 heavy (non-hydrogen) atoms. The van der Waals surface area contributed by atoms with Gasteiger partial charge in [-0.25, -0.2) is 9.78 Å². The Kier molecular flexibility index (Phi) is 5.05. The van der Waals surface area contributed by atoms with Gasteiger partial charge in [0.25, 0.3) is 5.91 Å². The fraction of sp³-hybridized carbons (Fsp3) is 0.480. The van der Waals surface area contributed by atoms with E-state index in [1.165, 1.54) is 44.6 Å². The van der Waals surface area contributed by atoms with Crippen molar-refractivity contribution < 1.29 is 14.3 Å². The molecule has 0 radical (unpaired) electrons. The number of esters is 1. The van der Waals surface area contributed by atoms with Crippen LogP contribution in [0.2, 0.25) is 0 Å². The highest BCUT2D eigenvalue weighted by Gasteiger charge is 2.50. The molecule has 1 amide bonds. The summed E-state index contributed by atoms with van der Waals surface area (Å²) in [6.07, 6.45) is 10.9. The average Bonchev–Trinajstić information content (AvgIpc) is 2.74. The third kappa shape index (κ3) is 4.11. The van der Waals surface area contributed by atoms with E-state index in [0.717, 1.165) is 35.2 Å². The topological polar surface area (TPSA) is 68.3 Å². The van der Waals surface area contributed by atoms with Gasteiger partial charge in [-0.15, -0.1) is 0 Å². The van der Waals surface area contributed by atoms with Gasteiger partial charge in [-0.05, 0) is 79.9 Å². The number of carbonyl (C=O) groups excluding carboxylic acids is 2. The zero-order chi connectivity index (χ0) is 20.6. The van der Waals surface area contributed by atoms with E-state index in [9.17, 15) is 9.59 Å². The number of amides is 1. The Bertz CT molecular complexity index is 962. The van der Waals surface area contributed by atoms with Crippen molar-refractivity contribution >= 4 is 28.9 Å². The first-order valence-corrected chi connectivity index (χ1v) is 11.0. The molecular formula is C25H28N2O3. The van der Waals surface area contributed by atoms with Gasteiger partial charge in [-0.2, -0.15) is 0 Å². The third-order valence-electron chi connectivity index (χ3n) is 7.18. The van der Waals surface area contributed by atoms with E-state index in [0.29, 0.717) is 5.69 Å². The summed E-state index contributed by atoms with van der Waals surface area (Å²) in [6.45, 7) is 0.490. The van der Waals surface area contributed by atoms with Gasteiger partial charge in [0.15, 0.2) is 6.61 Å². The predicted molar refractivity (Wildman–Crippen MR) is 115 cm³/mol. The molecule has 1 heterocycles. The van der Waals surface area contributed by atoms with Crippen molar-refractivity contribution in [3.63, 3.8) is 0 Å². The van der Waals surface area contributed by atoms with Crippen LogP contribution >= 0.6 is 0 Å². The molecule has 6 rings (SSSR count). The second-order valence-electron chi connectivity index (χ2n) is 9.56. The summed E-state index contributed by atoms with van der Waals surface area (Å²) in [5, 5.41) is 4.09. The van der Waals surface area contributed by atoms with Gasteiger partial charge in [-0.3, -0.25) is 4.79 Å². The van der Waals surface area contributed by atoms with Crippen LogP contribution in [0.5, 0.6) is 0 Å². The Morgan fingerprint density at radius 1 is 1.03 bits per heavy atom. The number of rotatable bonds is 6. The number of nitrogens with zero attached hydrogens (tertiary/aromatic N) is 1. The van der Waals surface area contributed by atoms with E-state index in [2.05, 4.69) is 10.3 Å². The van der Waals surface area contributed by atoms with Gasteiger partial charge in [-0.1, -0.05) is 24.3 Å². The molecule has 0 saturated heterocycles. The minimum absolute atomic E-state index is 0.212. The van der Waals surface area contributed by atoms with Crippen LogP contribution in [0.25, 0.3) is 17.0 Å². The van der Waals surface area contributed by atoms with E-state index in [-0.39, 0.29) is 17.9 Å². The number of carbonyl (C=O) groups is 2. The number of para-hydroxylation sites is 1. The summed E-state index contributed by atoms with van der Waals surface area (Å²) in [6, 6.07) is 11.6. The maximum atomic E-state index is 12.2. The monoisotopic (exact) mass is 404 g/mol. The van der Waals surface area contributed by atoms with Gasteiger partial charge >= 0.3 is 5.97 Å². The average molecular weight is 405 g/mol. The van der Waals surface area contributed by atoms with Crippen molar-refractivity contribution in [1.29, 1.82) is 0 Å². The quantitative estimate of drug-likeness (QED) is 0.581. The van der Waals surface area contributed by atoms with Crippen molar-refractivity contribution in [2.75, 3.05) is 13.2 Å². The lowest BCUT2D eigenvalue weighted by Crippen LogP contribution is -2.51. The first kappa shape index (κ1) is 19.3. The van der Waals surface area contributed by atoms with Gasteiger partial charge in [0, 0.05) is 18.0 Å². The standard InChI is InChI=1S/C25H28N2O3/c28-23(26-16-25-12-17-9-18(13-25)11-19(10-17)14-25)15-30-24(29)8-7-21-6-5-20-3-1-2-4-22(20)27-21/h1-8,17-19H,9-16H2,(H,26,28). The number of hydrogen-bond donors (Lipinski definition) is 1. The number of hydrogen-bond acceptors (Lipinski definition) is 4. The molecule has 0 aliphatic heterocycles. The molecular weight excluding hydrogens is 376 g/mol. The Labute approximate surface area is 176 Å². The predicted octanol–water partition coefficient (Wildman–Crippen LogP) is 4.12. The lowest BCUT2D eigenvalue weighted by molar-refractivity contribution is -0.144. The van der Waals surface area contributed by atoms with Crippen LogP contribution in [0.15, 0.2) is 42.5 Å². The van der Waals surface area contributed by atoms with Crippen molar-refractivity contribution in [3.8, 4) is 0 Å². The van der Waals surface area contributed by atoms with Crippen molar-refractivity contribution in [3.05, 3.63) is 48.2 Å². The summed E-state index contributed by atoms with van der Waals surface area (Å²) in [4.78, 5) is 28.7. The number of pyridine rings is 1. The van der Waals surface area contributed by atoms with Crippen LogP contribution in [-0.4, -0.2) is 30.0 Å². The van der Waals surface area contributed by atoms with Crippen molar-refractivity contribution in [1.82, 2.24) is 10.3 Å². The first-order chi connectivity index (χ1) is 14.6. The maximum Gasteiger partial charge on any atom is 0.331 e. The molecule has 5 nitrogen and oxygen atoms in total. The van der Waals surface area contributed by atoms with Crippen LogP contribution in [-0.2, 0) is 14.3 Å². The van der Waals surface area contributed by atoms with Crippen LogP contribution < -0.4 is 5.32 Å². The zero-order valence-electron chi connectivity index (χ0n) is 17.2. The Morgan fingerprint density at radius 3 is 2.47 bits per heavy atom. The second-order valence-corrected chi connectivity index (χ2v) is 9.56. The van der Waals surface area contributed by atoms with Crippen molar-refractivity contribution in [2.45, 2.75) is 38.5 Å². The molecule has 4 aliphatic rings. The lowest BCUT2D eigenvalue weighted by atomic mass is 9.49. The molecule has 2 aromatic rings. The highest BCUT2D eigenvalue weighted by Crippen LogP contribution is 2.59. The molecule has 0 spiro atoms. The van der Waals surface area contributed by atoms with E-state index in [4.69, 9.17) is 4.74 Å². The van der Waals surface area contributed by atoms with E-state index < -0.39 is 5.97 Å². The van der Waals surface area contributed by atoms with E-state index in [1.807, 2.05) is 36.4 Å². The SMILES string of the molecule is O=C(COC(=O)C=Cc1ccc2ccccc2n1)NCC12CC3CC(CC(C3)C1)C2. The Morgan fingerprint density at radius 2 is 1.73 bits per heavy atom. The third-order valence-corrected chi connectivity index (χ3v) is 7.18. The molecule has 5 heteroatoms. The maximum absolute atomic E-state index is 12.2. The minimum atomic E-state index is -0.532. The Hall–Kier alpha value is -2.69. The minimum Gasteiger partial charge on any atom is -0.452 e. The molecule has 1 aromatic heterocycles. The van der Waals surface area contributed by atoms with Gasteiger partial charge in [0.2, 0.25) is 0 Å². The normalized spacial score (nSPS) is 29.4. The molecule has 4 saturated carbocycles. The van der Waals surface area contributed by atoms with Crippen LogP contribution in [0, 0.1) is 23.2 Å². The van der Waals surface area contributed by atoms with Crippen molar-refractivity contribution in [2.24, 2.45) is 23.2 Å². The van der Waals surface area contributed by atoms with E-state index in [1.54, 1.807) is 6.08 Å². The van der Waals surface area contributed by atoms with Crippen LogP contribution in [0.1, 0.15) is 44.2 Å². The number of ether oxygens (including phenoxy) is 1. The summed E-state index contributed by atoms with van der Waals surface area (Å²) in [5.41, 5.74) is 1.84. The fourth-order valence-corrected chi connectivity index (χ4v) is 6.36. The van der Waals surface area contributed by atoms with Gasteiger partial charge in [0.05, 0.1) is 11.2 Å². The summed E-state index contributed by atoms with van der Waals surface area (Å²) >= 11 is 0. The summed E-state index contributed by atoms with van der Waals surface area (Å²) < 4.78 is 5.12. The van der Waals surface area contributed by atoms with E-state index >= 15 is 0 Å². The molecule has 156 valence electrons. The van der Waals surface area contributed by atoms with Gasteiger partial charge < -0.3 is 10.1 Å². The van der Waals surface area contributed by atoms with Gasteiger partial charge in [0.1, 0.15) is 0 Å². The number of aromatic nitrogens is 1. The molecule has 4 aliphatic carbocycles. The number of nitrogens with one attached hydrogen (secondary N) is 1. The number of benzene rings is 1. The van der Waals surface area contributed by atoms with Crippen LogP contribution in [0.3, 0.4) is 0 Å². The second kappa shape index (κ2) is 7.86.